The molecule has 0 amide bonds. The summed E-state index contributed by atoms with van der Waals surface area (Å²) in [5.41, 5.74) is 2.55. The molecule has 0 aliphatic heterocycles. The topological polar surface area (TPSA) is 28.7 Å². The number of nitrogens with zero attached hydrogens (tertiary/aromatic N) is 1. The SMILES string of the molecule is CC(C)SCc1ccccc1-c1ncc[nH]1. The summed E-state index contributed by atoms with van der Waals surface area (Å²) in [7, 11) is 0. The summed E-state index contributed by atoms with van der Waals surface area (Å²) >= 11 is 1.95. The largest absolute Gasteiger partial charge is 0.345 e. The highest BCUT2D eigenvalue weighted by molar-refractivity contribution is 7.99. The summed E-state index contributed by atoms with van der Waals surface area (Å²) in [6, 6.07) is 8.44. The van der Waals surface area contributed by atoms with Gasteiger partial charge in [-0.15, -0.1) is 0 Å². The van der Waals surface area contributed by atoms with E-state index in [1.807, 2.05) is 18.0 Å². The Hall–Kier alpha value is -1.22. The predicted molar refractivity (Wildman–Crippen MR) is 70.5 cm³/mol. The van der Waals surface area contributed by atoms with Gasteiger partial charge in [0.1, 0.15) is 5.82 Å². The van der Waals surface area contributed by atoms with E-state index in [9.17, 15) is 0 Å². The zero-order valence-electron chi connectivity index (χ0n) is 9.60. The van der Waals surface area contributed by atoms with Crippen LogP contribution in [0.2, 0.25) is 0 Å². The zero-order valence-corrected chi connectivity index (χ0v) is 10.4. The molecule has 2 nitrogen and oxygen atoms in total. The van der Waals surface area contributed by atoms with Crippen molar-refractivity contribution in [2.24, 2.45) is 0 Å². The number of aromatic amines is 1. The number of hydrogen-bond donors (Lipinski definition) is 1. The van der Waals surface area contributed by atoms with Gasteiger partial charge < -0.3 is 4.98 Å². The Bertz CT molecular complexity index is 435. The van der Waals surface area contributed by atoms with Crippen molar-refractivity contribution in [2.45, 2.75) is 24.9 Å². The molecule has 84 valence electrons. The predicted octanol–water partition coefficient (Wildman–Crippen LogP) is 3.72. The van der Waals surface area contributed by atoms with Gasteiger partial charge in [-0.3, -0.25) is 0 Å². The molecule has 2 rings (SSSR count). The van der Waals surface area contributed by atoms with E-state index in [1.54, 1.807) is 6.20 Å². The highest BCUT2D eigenvalue weighted by Gasteiger charge is 2.06. The standard InChI is InChI=1S/C13H16N2S/c1-10(2)16-9-11-5-3-4-6-12(11)13-14-7-8-15-13/h3-8,10H,9H2,1-2H3,(H,14,15). The van der Waals surface area contributed by atoms with Gasteiger partial charge in [-0.1, -0.05) is 38.1 Å². The molecule has 1 aromatic heterocycles. The minimum absolute atomic E-state index is 0.657. The normalized spacial score (nSPS) is 10.9. The highest BCUT2D eigenvalue weighted by Crippen LogP contribution is 2.25. The number of rotatable bonds is 4. The van der Waals surface area contributed by atoms with Gasteiger partial charge in [0.15, 0.2) is 0 Å². The molecule has 0 bridgehead atoms. The number of hydrogen-bond acceptors (Lipinski definition) is 2. The molecular weight excluding hydrogens is 216 g/mol. The summed E-state index contributed by atoms with van der Waals surface area (Å²) in [6.07, 6.45) is 3.66. The van der Waals surface area contributed by atoms with Crippen LogP contribution in [0.4, 0.5) is 0 Å². The minimum atomic E-state index is 0.657. The Morgan fingerprint density at radius 1 is 1.31 bits per heavy atom. The molecule has 0 radical (unpaired) electrons. The molecule has 0 spiro atoms. The molecule has 0 fully saturated rings. The van der Waals surface area contributed by atoms with Crippen LogP contribution in [0, 0.1) is 0 Å². The van der Waals surface area contributed by atoms with E-state index in [-0.39, 0.29) is 0 Å². The van der Waals surface area contributed by atoms with Gasteiger partial charge in [0, 0.05) is 23.7 Å². The lowest BCUT2D eigenvalue weighted by Crippen LogP contribution is -1.92. The van der Waals surface area contributed by atoms with Crippen LogP contribution in [0.5, 0.6) is 0 Å². The van der Waals surface area contributed by atoms with Crippen molar-refractivity contribution in [3.63, 3.8) is 0 Å². The van der Waals surface area contributed by atoms with Crippen LogP contribution < -0.4 is 0 Å². The van der Waals surface area contributed by atoms with E-state index in [4.69, 9.17) is 0 Å². The third-order valence-electron chi connectivity index (χ3n) is 2.34. The van der Waals surface area contributed by atoms with Gasteiger partial charge in [-0.05, 0) is 10.8 Å². The molecule has 0 aliphatic rings. The average molecular weight is 232 g/mol. The lowest BCUT2D eigenvalue weighted by molar-refractivity contribution is 1.11. The van der Waals surface area contributed by atoms with E-state index in [2.05, 4.69) is 48.1 Å². The molecule has 3 heteroatoms. The van der Waals surface area contributed by atoms with E-state index < -0.39 is 0 Å². The lowest BCUT2D eigenvalue weighted by atomic mass is 10.1. The molecule has 0 unspecified atom stereocenters. The van der Waals surface area contributed by atoms with Crippen molar-refractivity contribution in [1.82, 2.24) is 9.97 Å². The van der Waals surface area contributed by atoms with Crippen molar-refractivity contribution in [3.8, 4) is 11.4 Å². The maximum Gasteiger partial charge on any atom is 0.137 e. The second-order valence-electron chi connectivity index (χ2n) is 3.95. The van der Waals surface area contributed by atoms with Crippen LogP contribution in [-0.4, -0.2) is 15.2 Å². The highest BCUT2D eigenvalue weighted by atomic mass is 32.2. The summed E-state index contributed by atoms with van der Waals surface area (Å²) in [4.78, 5) is 7.47. The van der Waals surface area contributed by atoms with Gasteiger partial charge in [0.2, 0.25) is 0 Å². The van der Waals surface area contributed by atoms with Crippen LogP contribution in [0.1, 0.15) is 19.4 Å². The molecule has 2 aromatic rings. The fourth-order valence-electron chi connectivity index (χ4n) is 1.55. The maximum absolute atomic E-state index is 4.31. The summed E-state index contributed by atoms with van der Waals surface area (Å²) in [5.74, 6) is 1.99. The second kappa shape index (κ2) is 5.21. The van der Waals surface area contributed by atoms with Crippen molar-refractivity contribution in [3.05, 3.63) is 42.2 Å². The molecule has 1 heterocycles. The first-order valence-electron chi connectivity index (χ1n) is 5.46. The average Bonchev–Trinajstić information content (AvgIpc) is 2.80. The van der Waals surface area contributed by atoms with Crippen molar-refractivity contribution >= 4 is 11.8 Å². The second-order valence-corrected chi connectivity index (χ2v) is 5.52. The van der Waals surface area contributed by atoms with Gasteiger partial charge in [0.25, 0.3) is 0 Å². The fourth-order valence-corrected chi connectivity index (χ4v) is 2.31. The fraction of sp³-hybridized carbons (Fsp3) is 0.308. The molecule has 0 aliphatic carbocycles. The Kier molecular flexibility index (Phi) is 3.67. The van der Waals surface area contributed by atoms with E-state index in [1.165, 1.54) is 11.1 Å². The summed E-state index contributed by atoms with van der Waals surface area (Å²) in [6.45, 7) is 4.44. The molecule has 1 aromatic carbocycles. The molecule has 0 atom stereocenters. The first-order chi connectivity index (χ1) is 7.77. The van der Waals surface area contributed by atoms with Gasteiger partial charge in [-0.25, -0.2) is 4.98 Å². The van der Waals surface area contributed by atoms with Gasteiger partial charge in [0.05, 0.1) is 0 Å². The zero-order chi connectivity index (χ0) is 11.4. The van der Waals surface area contributed by atoms with E-state index in [0.29, 0.717) is 5.25 Å². The smallest absolute Gasteiger partial charge is 0.137 e. The van der Waals surface area contributed by atoms with Gasteiger partial charge in [-0.2, -0.15) is 11.8 Å². The number of aromatic nitrogens is 2. The Morgan fingerprint density at radius 2 is 2.12 bits per heavy atom. The first-order valence-corrected chi connectivity index (χ1v) is 6.51. The van der Waals surface area contributed by atoms with Crippen molar-refractivity contribution < 1.29 is 0 Å². The number of imidazole rings is 1. The third kappa shape index (κ3) is 2.67. The number of thioether (sulfide) groups is 1. The van der Waals surface area contributed by atoms with Crippen molar-refractivity contribution in [1.29, 1.82) is 0 Å². The number of H-pyrrole nitrogens is 1. The molecule has 0 saturated carbocycles. The van der Waals surface area contributed by atoms with Crippen LogP contribution in [0.25, 0.3) is 11.4 Å². The number of nitrogens with one attached hydrogen (secondary N) is 1. The molecule has 1 N–H and O–H groups in total. The number of benzene rings is 1. The summed E-state index contributed by atoms with van der Waals surface area (Å²) < 4.78 is 0. The molecule has 0 saturated heterocycles. The Labute approximate surface area is 101 Å². The summed E-state index contributed by atoms with van der Waals surface area (Å²) in [5, 5.41) is 0.657. The Morgan fingerprint density at radius 3 is 2.81 bits per heavy atom. The van der Waals surface area contributed by atoms with Crippen LogP contribution in [0.3, 0.4) is 0 Å². The van der Waals surface area contributed by atoms with E-state index in [0.717, 1.165) is 11.6 Å². The maximum atomic E-state index is 4.31. The van der Waals surface area contributed by atoms with Gasteiger partial charge >= 0.3 is 0 Å². The molecular formula is C13H16N2S. The van der Waals surface area contributed by atoms with Crippen LogP contribution in [-0.2, 0) is 5.75 Å². The lowest BCUT2D eigenvalue weighted by Gasteiger charge is -2.08. The third-order valence-corrected chi connectivity index (χ3v) is 3.49. The van der Waals surface area contributed by atoms with Crippen LogP contribution in [0.15, 0.2) is 36.7 Å². The monoisotopic (exact) mass is 232 g/mol. The van der Waals surface area contributed by atoms with Crippen molar-refractivity contribution in [2.75, 3.05) is 0 Å². The van der Waals surface area contributed by atoms with E-state index >= 15 is 0 Å². The quantitative estimate of drug-likeness (QED) is 0.870. The minimum Gasteiger partial charge on any atom is -0.345 e. The first kappa shape index (κ1) is 11.3. The Balaban J connectivity index is 2.24. The molecule has 16 heavy (non-hydrogen) atoms. The van der Waals surface area contributed by atoms with Crippen LogP contribution >= 0.6 is 11.8 Å².